The summed E-state index contributed by atoms with van der Waals surface area (Å²) in [7, 11) is 1.63. The van der Waals surface area contributed by atoms with Crippen molar-refractivity contribution < 1.29 is 9.84 Å². The summed E-state index contributed by atoms with van der Waals surface area (Å²) < 4.78 is 5.12. The van der Waals surface area contributed by atoms with E-state index in [-0.39, 0.29) is 6.54 Å². The number of aliphatic hydroxyl groups is 1. The number of nitrogens with two attached hydrogens (primary N) is 1. The SMILES string of the molecule is COc1ccc(NC(N)=NCC(O)CN2CCc3ccccc3C2)cc1. The third-order valence-electron chi connectivity index (χ3n) is 4.51. The Morgan fingerprint density at radius 1 is 1.23 bits per heavy atom. The monoisotopic (exact) mass is 354 g/mol. The van der Waals surface area contributed by atoms with E-state index in [1.54, 1.807) is 7.11 Å². The van der Waals surface area contributed by atoms with Crippen LogP contribution in [0.3, 0.4) is 0 Å². The highest BCUT2D eigenvalue weighted by molar-refractivity contribution is 5.92. The van der Waals surface area contributed by atoms with Gasteiger partial charge in [-0.1, -0.05) is 24.3 Å². The van der Waals surface area contributed by atoms with Crippen molar-refractivity contribution in [2.24, 2.45) is 10.7 Å². The number of aliphatic hydroxyl groups excluding tert-OH is 1. The minimum Gasteiger partial charge on any atom is -0.497 e. The first-order valence-corrected chi connectivity index (χ1v) is 8.82. The van der Waals surface area contributed by atoms with E-state index in [2.05, 4.69) is 39.5 Å². The molecule has 0 amide bonds. The highest BCUT2D eigenvalue weighted by Gasteiger charge is 2.18. The zero-order chi connectivity index (χ0) is 18.4. The molecule has 26 heavy (non-hydrogen) atoms. The van der Waals surface area contributed by atoms with Crippen molar-refractivity contribution >= 4 is 11.6 Å². The molecular formula is C20H26N4O2. The Morgan fingerprint density at radius 3 is 2.69 bits per heavy atom. The maximum absolute atomic E-state index is 10.3. The molecule has 0 spiro atoms. The maximum Gasteiger partial charge on any atom is 0.193 e. The second-order valence-corrected chi connectivity index (χ2v) is 6.49. The average Bonchev–Trinajstić information content (AvgIpc) is 2.67. The van der Waals surface area contributed by atoms with Crippen molar-refractivity contribution in [3.8, 4) is 5.75 Å². The van der Waals surface area contributed by atoms with E-state index in [0.29, 0.717) is 12.5 Å². The standard InChI is InChI=1S/C20H26N4O2/c1-26-19-8-6-17(7-9-19)23-20(21)22-12-18(25)14-24-11-10-15-4-2-3-5-16(15)13-24/h2-9,18,25H,10-14H2,1H3,(H3,21,22,23). The predicted octanol–water partition coefficient (Wildman–Crippen LogP) is 1.84. The number of aliphatic imine (C=N–C) groups is 1. The van der Waals surface area contributed by atoms with Crippen LogP contribution in [0.5, 0.6) is 5.75 Å². The Labute approximate surface area is 154 Å². The van der Waals surface area contributed by atoms with Crippen molar-refractivity contribution in [1.29, 1.82) is 0 Å². The van der Waals surface area contributed by atoms with Crippen LogP contribution < -0.4 is 15.8 Å². The Balaban J connectivity index is 1.47. The van der Waals surface area contributed by atoms with Crippen LogP contribution in [-0.4, -0.2) is 48.8 Å². The number of guanidine groups is 1. The van der Waals surface area contributed by atoms with Crippen LogP contribution in [0.15, 0.2) is 53.5 Å². The van der Waals surface area contributed by atoms with Crippen molar-refractivity contribution in [2.45, 2.75) is 19.1 Å². The van der Waals surface area contributed by atoms with Crippen molar-refractivity contribution in [3.05, 3.63) is 59.7 Å². The van der Waals surface area contributed by atoms with Crippen molar-refractivity contribution in [1.82, 2.24) is 4.90 Å². The number of nitrogens with one attached hydrogen (secondary N) is 1. The summed E-state index contributed by atoms with van der Waals surface area (Å²) in [4.78, 5) is 6.51. The lowest BCUT2D eigenvalue weighted by atomic mass is 10.00. The second-order valence-electron chi connectivity index (χ2n) is 6.49. The van der Waals surface area contributed by atoms with Gasteiger partial charge in [-0.15, -0.1) is 0 Å². The quantitative estimate of drug-likeness (QED) is 0.545. The lowest BCUT2D eigenvalue weighted by Gasteiger charge is -2.30. The molecule has 1 aliphatic heterocycles. The zero-order valence-electron chi connectivity index (χ0n) is 15.1. The molecule has 0 bridgehead atoms. The number of hydrogen-bond acceptors (Lipinski definition) is 4. The highest BCUT2D eigenvalue weighted by Crippen LogP contribution is 2.18. The van der Waals surface area contributed by atoms with Gasteiger partial charge in [0.05, 0.1) is 19.8 Å². The number of rotatable bonds is 6. The molecule has 6 heteroatoms. The second kappa shape index (κ2) is 8.69. The zero-order valence-corrected chi connectivity index (χ0v) is 15.1. The Morgan fingerprint density at radius 2 is 1.96 bits per heavy atom. The summed E-state index contributed by atoms with van der Waals surface area (Å²) >= 11 is 0. The Bertz CT molecular complexity index is 746. The van der Waals surface area contributed by atoms with Crippen LogP contribution in [0.4, 0.5) is 5.69 Å². The molecule has 0 saturated carbocycles. The van der Waals surface area contributed by atoms with Crippen LogP contribution in [0, 0.1) is 0 Å². The Kier molecular flexibility index (Phi) is 6.09. The van der Waals surface area contributed by atoms with Crippen LogP contribution in [0.2, 0.25) is 0 Å². The summed E-state index contributed by atoms with van der Waals surface area (Å²) in [5.74, 6) is 1.07. The molecular weight excluding hydrogens is 328 g/mol. The van der Waals surface area contributed by atoms with Crippen LogP contribution in [0.1, 0.15) is 11.1 Å². The maximum atomic E-state index is 10.3. The fourth-order valence-electron chi connectivity index (χ4n) is 3.13. The van der Waals surface area contributed by atoms with E-state index in [1.165, 1.54) is 11.1 Å². The first-order valence-electron chi connectivity index (χ1n) is 8.82. The molecule has 4 N–H and O–H groups in total. The lowest BCUT2D eigenvalue weighted by molar-refractivity contribution is 0.112. The minimum absolute atomic E-state index is 0.271. The van der Waals surface area contributed by atoms with E-state index < -0.39 is 6.10 Å². The van der Waals surface area contributed by atoms with E-state index in [0.717, 1.165) is 30.9 Å². The number of hydrogen-bond donors (Lipinski definition) is 3. The van der Waals surface area contributed by atoms with Gasteiger partial charge in [0, 0.05) is 25.3 Å². The molecule has 0 fully saturated rings. The number of benzene rings is 2. The van der Waals surface area contributed by atoms with Crippen LogP contribution in [-0.2, 0) is 13.0 Å². The number of anilines is 1. The number of fused-ring (bicyclic) bond motifs is 1. The number of nitrogens with zero attached hydrogens (tertiary/aromatic N) is 2. The number of ether oxygens (including phenoxy) is 1. The van der Waals surface area contributed by atoms with Gasteiger partial charge in [0.1, 0.15) is 5.75 Å². The number of methoxy groups -OCH3 is 1. The van der Waals surface area contributed by atoms with Crippen molar-refractivity contribution in [2.75, 3.05) is 32.1 Å². The van der Waals surface area contributed by atoms with Gasteiger partial charge >= 0.3 is 0 Å². The van der Waals surface area contributed by atoms with Gasteiger partial charge in [-0.05, 0) is 41.8 Å². The third kappa shape index (κ3) is 4.97. The highest BCUT2D eigenvalue weighted by atomic mass is 16.5. The summed E-state index contributed by atoms with van der Waals surface area (Å²) in [6, 6.07) is 15.9. The molecule has 1 heterocycles. The minimum atomic E-state index is -0.545. The average molecular weight is 354 g/mol. The summed E-state index contributed by atoms with van der Waals surface area (Å²) in [5.41, 5.74) is 9.48. The molecule has 3 rings (SSSR count). The fourth-order valence-corrected chi connectivity index (χ4v) is 3.13. The molecule has 1 aliphatic rings. The van der Waals surface area contributed by atoms with E-state index in [9.17, 15) is 5.11 Å². The van der Waals surface area contributed by atoms with Gasteiger partial charge in [0.15, 0.2) is 5.96 Å². The van der Waals surface area contributed by atoms with Crippen LogP contribution in [0.25, 0.3) is 0 Å². The molecule has 1 atom stereocenters. The molecule has 0 saturated heterocycles. The first-order chi connectivity index (χ1) is 12.6. The van der Waals surface area contributed by atoms with Crippen LogP contribution >= 0.6 is 0 Å². The van der Waals surface area contributed by atoms with Gasteiger partial charge in [-0.3, -0.25) is 9.89 Å². The summed E-state index contributed by atoms with van der Waals surface area (Å²) in [6.07, 6.45) is 0.476. The smallest absolute Gasteiger partial charge is 0.193 e. The van der Waals surface area contributed by atoms with Gasteiger partial charge in [-0.2, -0.15) is 0 Å². The summed E-state index contributed by atoms with van der Waals surface area (Å²) in [6.45, 7) is 2.69. The molecule has 138 valence electrons. The molecule has 6 nitrogen and oxygen atoms in total. The molecule has 0 radical (unpaired) electrons. The molecule has 0 aliphatic carbocycles. The first kappa shape index (κ1) is 18.2. The van der Waals surface area contributed by atoms with Gasteiger partial charge in [0.2, 0.25) is 0 Å². The van der Waals surface area contributed by atoms with E-state index in [1.807, 2.05) is 24.3 Å². The predicted molar refractivity (Wildman–Crippen MR) is 105 cm³/mol. The van der Waals surface area contributed by atoms with Gasteiger partial charge < -0.3 is 20.9 Å². The topological polar surface area (TPSA) is 83.1 Å². The summed E-state index contributed by atoms with van der Waals surface area (Å²) in [5, 5.41) is 13.3. The normalized spacial score (nSPS) is 16.0. The molecule has 2 aromatic rings. The van der Waals surface area contributed by atoms with Gasteiger partial charge in [0.25, 0.3) is 0 Å². The van der Waals surface area contributed by atoms with E-state index in [4.69, 9.17) is 10.5 Å². The largest absolute Gasteiger partial charge is 0.497 e. The van der Waals surface area contributed by atoms with Gasteiger partial charge in [-0.25, -0.2) is 0 Å². The molecule has 1 unspecified atom stereocenters. The van der Waals surface area contributed by atoms with E-state index >= 15 is 0 Å². The molecule has 2 aromatic carbocycles. The lowest BCUT2D eigenvalue weighted by Crippen LogP contribution is -2.38. The Hall–Kier alpha value is -2.57. The number of β-amino-alcohol motifs (C(OH)–C–C–N with tert-alkyl or cyclic N) is 1. The third-order valence-corrected chi connectivity index (χ3v) is 4.51. The fraction of sp³-hybridized carbons (Fsp3) is 0.350. The molecule has 0 aromatic heterocycles. The van der Waals surface area contributed by atoms with Crippen molar-refractivity contribution in [3.63, 3.8) is 0 Å².